The van der Waals surface area contributed by atoms with Crippen molar-refractivity contribution in [2.24, 2.45) is 0 Å². The number of ether oxygens (including phenoxy) is 1. The van der Waals surface area contributed by atoms with E-state index in [9.17, 15) is 4.79 Å². The van der Waals surface area contributed by atoms with Gasteiger partial charge < -0.3 is 15.4 Å². The first-order valence-corrected chi connectivity index (χ1v) is 6.26. The van der Waals surface area contributed by atoms with Gasteiger partial charge in [0.1, 0.15) is 0 Å². The first-order valence-electron chi connectivity index (χ1n) is 6.26. The molecule has 1 amide bonds. The Morgan fingerprint density at radius 3 is 2.89 bits per heavy atom. The first-order chi connectivity index (χ1) is 8.65. The SMILES string of the molecule is CCc1cccc(NCC(=O)NC(C)COC)c1. The number of anilines is 1. The van der Waals surface area contributed by atoms with Gasteiger partial charge in [-0.1, -0.05) is 19.1 Å². The van der Waals surface area contributed by atoms with E-state index in [2.05, 4.69) is 29.7 Å². The third-order valence-electron chi connectivity index (χ3n) is 2.61. The van der Waals surface area contributed by atoms with E-state index in [-0.39, 0.29) is 18.5 Å². The van der Waals surface area contributed by atoms with Gasteiger partial charge in [-0.3, -0.25) is 4.79 Å². The van der Waals surface area contributed by atoms with Crippen LogP contribution in [0.3, 0.4) is 0 Å². The molecule has 0 saturated heterocycles. The van der Waals surface area contributed by atoms with Gasteiger partial charge in [-0.05, 0) is 31.0 Å². The summed E-state index contributed by atoms with van der Waals surface area (Å²) in [4.78, 5) is 11.6. The summed E-state index contributed by atoms with van der Waals surface area (Å²) >= 11 is 0. The molecule has 18 heavy (non-hydrogen) atoms. The van der Waals surface area contributed by atoms with Crippen molar-refractivity contribution in [3.05, 3.63) is 29.8 Å². The predicted octanol–water partition coefficient (Wildman–Crippen LogP) is 1.81. The molecule has 0 heterocycles. The molecule has 0 aliphatic heterocycles. The molecule has 100 valence electrons. The van der Waals surface area contributed by atoms with Crippen molar-refractivity contribution >= 4 is 11.6 Å². The quantitative estimate of drug-likeness (QED) is 0.776. The minimum Gasteiger partial charge on any atom is -0.383 e. The van der Waals surface area contributed by atoms with E-state index >= 15 is 0 Å². The van der Waals surface area contributed by atoms with E-state index in [0.717, 1.165) is 12.1 Å². The molecule has 4 heteroatoms. The van der Waals surface area contributed by atoms with Crippen LogP contribution in [0.4, 0.5) is 5.69 Å². The lowest BCUT2D eigenvalue weighted by atomic mass is 10.1. The average molecular weight is 250 g/mol. The van der Waals surface area contributed by atoms with Crippen molar-refractivity contribution in [2.45, 2.75) is 26.3 Å². The van der Waals surface area contributed by atoms with Crippen LogP contribution in [0.15, 0.2) is 24.3 Å². The number of aryl methyl sites for hydroxylation is 1. The van der Waals surface area contributed by atoms with Crippen molar-refractivity contribution in [1.29, 1.82) is 0 Å². The van der Waals surface area contributed by atoms with Crippen LogP contribution < -0.4 is 10.6 Å². The van der Waals surface area contributed by atoms with E-state index in [1.165, 1.54) is 5.56 Å². The molecule has 1 aromatic carbocycles. The minimum absolute atomic E-state index is 0.0264. The fraction of sp³-hybridized carbons (Fsp3) is 0.500. The third kappa shape index (κ3) is 5.19. The maximum Gasteiger partial charge on any atom is 0.239 e. The Bertz CT molecular complexity index is 380. The fourth-order valence-corrected chi connectivity index (χ4v) is 1.70. The van der Waals surface area contributed by atoms with Crippen LogP contribution in [-0.2, 0) is 16.0 Å². The molecule has 0 aliphatic carbocycles. The molecule has 0 saturated carbocycles. The van der Waals surface area contributed by atoms with Crippen LogP contribution in [0.25, 0.3) is 0 Å². The number of carbonyl (C=O) groups is 1. The Morgan fingerprint density at radius 1 is 1.44 bits per heavy atom. The molecule has 0 spiro atoms. The number of benzene rings is 1. The van der Waals surface area contributed by atoms with Crippen molar-refractivity contribution in [3.63, 3.8) is 0 Å². The summed E-state index contributed by atoms with van der Waals surface area (Å²) in [7, 11) is 1.62. The van der Waals surface area contributed by atoms with E-state index < -0.39 is 0 Å². The number of methoxy groups -OCH3 is 1. The molecule has 1 atom stereocenters. The molecular formula is C14H22N2O2. The van der Waals surface area contributed by atoms with Gasteiger partial charge in [0.25, 0.3) is 0 Å². The molecule has 1 rings (SSSR count). The Morgan fingerprint density at radius 2 is 2.22 bits per heavy atom. The molecular weight excluding hydrogens is 228 g/mol. The summed E-state index contributed by atoms with van der Waals surface area (Å²) in [5.74, 6) is -0.0264. The Hall–Kier alpha value is -1.55. The lowest BCUT2D eigenvalue weighted by Gasteiger charge is -2.13. The number of nitrogens with one attached hydrogen (secondary N) is 2. The largest absolute Gasteiger partial charge is 0.383 e. The number of hydrogen-bond acceptors (Lipinski definition) is 3. The van der Waals surface area contributed by atoms with Crippen molar-refractivity contribution in [1.82, 2.24) is 5.32 Å². The van der Waals surface area contributed by atoms with Gasteiger partial charge in [-0.2, -0.15) is 0 Å². The lowest BCUT2D eigenvalue weighted by molar-refractivity contribution is -0.120. The zero-order valence-electron chi connectivity index (χ0n) is 11.3. The van der Waals surface area contributed by atoms with Gasteiger partial charge in [0.2, 0.25) is 5.91 Å². The molecule has 1 aromatic rings. The van der Waals surface area contributed by atoms with Crippen molar-refractivity contribution < 1.29 is 9.53 Å². The molecule has 0 bridgehead atoms. The highest BCUT2D eigenvalue weighted by atomic mass is 16.5. The topological polar surface area (TPSA) is 50.4 Å². The Kier molecular flexibility index (Phi) is 6.22. The van der Waals surface area contributed by atoms with Gasteiger partial charge in [0, 0.05) is 18.8 Å². The van der Waals surface area contributed by atoms with Gasteiger partial charge in [0.05, 0.1) is 13.2 Å². The molecule has 4 nitrogen and oxygen atoms in total. The summed E-state index contributed by atoms with van der Waals surface area (Å²) in [6, 6.07) is 8.13. The summed E-state index contributed by atoms with van der Waals surface area (Å²) in [5.41, 5.74) is 2.23. The molecule has 2 N–H and O–H groups in total. The minimum atomic E-state index is -0.0264. The molecule has 0 aromatic heterocycles. The highest BCUT2D eigenvalue weighted by Crippen LogP contribution is 2.10. The summed E-state index contributed by atoms with van der Waals surface area (Å²) in [6.07, 6.45) is 0.993. The number of hydrogen-bond donors (Lipinski definition) is 2. The van der Waals surface area contributed by atoms with Crippen molar-refractivity contribution in [2.75, 3.05) is 25.6 Å². The lowest BCUT2D eigenvalue weighted by Crippen LogP contribution is -2.39. The molecule has 0 fully saturated rings. The molecule has 1 unspecified atom stereocenters. The van der Waals surface area contributed by atoms with Crippen LogP contribution in [0.5, 0.6) is 0 Å². The summed E-state index contributed by atoms with van der Waals surface area (Å²) in [6.45, 7) is 4.83. The van der Waals surface area contributed by atoms with Crippen LogP contribution >= 0.6 is 0 Å². The van der Waals surface area contributed by atoms with E-state index in [1.54, 1.807) is 7.11 Å². The zero-order valence-corrected chi connectivity index (χ0v) is 11.3. The molecule has 0 radical (unpaired) electrons. The fourth-order valence-electron chi connectivity index (χ4n) is 1.70. The van der Waals surface area contributed by atoms with Crippen LogP contribution in [0.2, 0.25) is 0 Å². The maximum absolute atomic E-state index is 11.6. The Balaban J connectivity index is 2.37. The highest BCUT2D eigenvalue weighted by molar-refractivity contribution is 5.80. The second kappa shape index (κ2) is 7.71. The third-order valence-corrected chi connectivity index (χ3v) is 2.61. The Labute approximate surface area is 109 Å². The summed E-state index contributed by atoms with van der Waals surface area (Å²) < 4.78 is 4.96. The van der Waals surface area contributed by atoms with Gasteiger partial charge in [-0.15, -0.1) is 0 Å². The normalized spacial score (nSPS) is 11.9. The standard InChI is InChI=1S/C14H22N2O2/c1-4-12-6-5-7-13(8-12)15-9-14(17)16-11(2)10-18-3/h5-8,11,15H,4,9-10H2,1-3H3,(H,16,17). The van der Waals surface area contributed by atoms with Crippen LogP contribution in [0, 0.1) is 0 Å². The number of rotatable bonds is 7. The molecule has 0 aliphatic rings. The van der Waals surface area contributed by atoms with Gasteiger partial charge in [-0.25, -0.2) is 0 Å². The van der Waals surface area contributed by atoms with Crippen molar-refractivity contribution in [3.8, 4) is 0 Å². The second-order valence-electron chi connectivity index (χ2n) is 4.33. The zero-order chi connectivity index (χ0) is 13.4. The number of amides is 1. The van der Waals surface area contributed by atoms with Crippen LogP contribution in [0.1, 0.15) is 19.4 Å². The monoisotopic (exact) mass is 250 g/mol. The van der Waals surface area contributed by atoms with Gasteiger partial charge >= 0.3 is 0 Å². The summed E-state index contributed by atoms with van der Waals surface area (Å²) in [5, 5.41) is 5.97. The first kappa shape index (κ1) is 14.5. The highest BCUT2D eigenvalue weighted by Gasteiger charge is 2.06. The van der Waals surface area contributed by atoms with Gasteiger partial charge in [0.15, 0.2) is 0 Å². The van der Waals surface area contributed by atoms with Crippen LogP contribution in [-0.4, -0.2) is 32.2 Å². The average Bonchev–Trinajstić information content (AvgIpc) is 2.37. The maximum atomic E-state index is 11.6. The second-order valence-corrected chi connectivity index (χ2v) is 4.33. The van der Waals surface area contributed by atoms with E-state index in [4.69, 9.17) is 4.74 Å². The number of carbonyl (C=O) groups excluding carboxylic acids is 1. The van der Waals surface area contributed by atoms with E-state index in [0.29, 0.717) is 6.61 Å². The predicted molar refractivity (Wildman–Crippen MR) is 73.8 cm³/mol. The van der Waals surface area contributed by atoms with E-state index in [1.807, 2.05) is 19.1 Å². The smallest absolute Gasteiger partial charge is 0.239 e.